The normalized spacial score (nSPS) is 28.7. The fourth-order valence-electron chi connectivity index (χ4n) is 3.07. The molecule has 1 saturated carbocycles. The molecule has 0 radical (unpaired) electrons. The van der Waals surface area contributed by atoms with Crippen LogP contribution in [0.4, 0.5) is 0 Å². The van der Waals surface area contributed by atoms with E-state index in [0.717, 1.165) is 24.3 Å². The monoisotopic (exact) mass is 232 g/mol. The Bertz CT molecular complexity index is 364. The van der Waals surface area contributed by atoms with Crippen molar-refractivity contribution in [3.63, 3.8) is 0 Å². The second-order valence-corrected chi connectivity index (χ2v) is 5.98. The molecule has 0 saturated heterocycles. The third-order valence-corrected chi connectivity index (χ3v) is 4.37. The third kappa shape index (κ3) is 2.71. The van der Waals surface area contributed by atoms with E-state index in [9.17, 15) is 5.11 Å². The summed E-state index contributed by atoms with van der Waals surface area (Å²) in [6.07, 6.45) is 4.89. The maximum absolute atomic E-state index is 10.8. The zero-order valence-corrected chi connectivity index (χ0v) is 11.2. The molecule has 1 N–H and O–H groups in total. The first-order valence-electron chi connectivity index (χ1n) is 6.79. The molecule has 1 fully saturated rings. The molecule has 1 nitrogen and oxygen atoms in total. The predicted octanol–water partition coefficient (Wildman–Crippen LogP) is 4.03. The highest BCUT2D eigenvalue weighted by Gasteiger charge is 2.35. The predicted molar refractivity (Wildman–Crippen MR) is 71.9 cm³/mol. The van der Waals surface area contributed by atoms with Gasteiger partial charge in [-0.25, -0.2) is 0 Å². The zero-order valence-electron chi connectivity index (χ0n) is 11.2. The molecule has 2 rings (SSSR count). The van der Waals surface area contributed by atoms with E-state index in [1.165, 1.54) is 18.4 Å². The highest BCUT2D eigenvalue weighted by Crippen LogP contribution is 2.40. The van der Waals surface area contributed by atoms with Crippen LogP contribution in [-0.4, -0.2) is 5.11 Å². The van der Waals surface area contributed by atoms with Gasteiger partial charge in [0.2, 0.25) is 0 Å². The SMILES string of the molecule is Cc1ccc(C(C)(O)C2CCCC(C)C2)cc1. The molecular weight excluding hydrogens is 208 g/mol. The Balaban J connectivity index is 2.19. The van der Waals surface area contributed by atoms with E-state index >= 15 is 0 Å². The van der Waals surface area contributed by atoms with Crippen LogP contribution in [0.15, 0.2) is 24.3 Å². The third-order valence-electron chi connectivity index (χ3n) is 4.37. The first kappa shape index (κ1) is 12.6. The summed E-state index contributed by atoms with van der Waals surface area (Å²) in [6, 6.07) is 8.34. The highest BCUT2D eigenvalue weighted by molar-refractivity contribution is 5.26. The summed E-state index contributed by atoms with van der Waals surface area (Å²) in [5.41, 5.74) is 1.66. The molecule has 3 unspecified atom stereocenters. The standard InChI is InChI=1S/C16H24O/c1-12-7-9-14(10-8-12)16(3,17)15-6-4-5-13(2)11-15/h7-10,13,15,17H,4-6,11H2,1-3H3. The van der Waals surface area contributed by atoms with Crippen molar-refractivity contribution in [3.8, 4) is 0 Å². The lowest BCUT2D eigenvalue weighted by molar-refractivity contribution is -0.0294. The van der Waals surface area contributed by atoms with Crippen LogP contribution in [0.5, 0.6) is 0 Å². The maximum Gasteiger partial charge on any atom is 0.0896 e. The summed E-state index contributed by atoms with van der Waals surface area (Å²) in [7, 11) is 0. The van der Waals surface area contributed by atoms with Gasteiger partial charge in [-0.05, 0) is 44.1 Å². The lowest BCUT2D eigenvalue weighted by Gasteiger charge is -2.38. The van der Waals surface area contributed by atoms with Crippen molar-refractivity contribution in [1.82, 2.24) is 0 Å². The lowest BCUT2D eigenvalue weighted by atomic mass is 9.71. The molecule has 94 valence electrons. The quantitative estimate of drug-likeness (QED) is 0.816. The topological polar surface area (TPSA) is 20.2 Å². The molecule has 0 aliphatic heterocycles. The Hall–Kier alpha value is -0.820. The average molecular weight is 232 g/mol. The fraction of sp³-hybridized carbons (Fsp3) is 0.625. The Morgan fingerprint density at radius 2 is 1.82 bits per heavy atom. The van der Waals surface area contributed by atoms with Gasteiger partial charge in [0.15, 0.2) is 0 Å². The Kier molecular flexibility index (Phi) is 3.58. The van der Waals surface area contributed by atoms with Crippen molar-refractivity contribution in [3.05, 3.63) is 35.4 Å². The minimum Gasteiger partial charge on any atom is -0.385 e. The van der Waals surface area contributed by atoms with Gasteiger partial charge in [0.1, 0.15) is 0 Å². The summed E-state index contributed by atoms with van der Waals surface area (Å²) in [4.78, 5) is 0. The molecule has 0 heterocycles. The van der Waals surface area contributed by atoms with Gasteiger partial charge in [0, 0.05) is 0 Å². The van der Waals surface area contributed by atoms with Crippen molar-refractivity contribution in [2.75, 3.05) is 0 Å². The van der Waals surface area contributed by atoms with Crippen molar-refractivity contribution in [2.45, 2.75) is 52.1 Å². The molecule has 3 atom stereocenters. The highest BCUT2D eigenvalue weighted by atomic mass is 16.3. The van der Waals surface area contributed by atoms with Gasteiger partial charge >= 0.3 is 0 Å². The second kappa shape index (κ2) is 4.81. The number of aryl methyl sites for hydroxylation is 1. The number of hydrogen-bond donors (Lipinski definition) is 1. The van der Waals surface area contributed by atoms with Crippen LogP contribution in [0.25, 0.3) is 0 Å². The summed E-state index contributed by atoms with van der Waals surface area (Å²) < 4.78 is 0. The molecule has 1 aromatic carbocycles. The molecular formula is C16H24O. The van der Waals surface area contributed by atoms with E-state index in [1.54, 1.807) is 0 Å². The van der Waals surface area contributed by atoms with Gasteiger partial charge in [-0.2, -0.15) is 0 Å². The van der Waals surface area contributed by atoms with Gasteiger partial charge in [0.25, 0.3) is 0 Å². The molecule has 1 heteroatoms. The van der Waals surface area contributed by atoms with Crippen LogP contribution in [0.1, 0.15) is 50.7 Å². The summed E-state index contributed by atoms with van der Waals surface area (Å²) in [6.45, 7) is 6.37. The fourth-order valence-corrected chi connectivity index (χ4v) is 3.07. The average Bonchev–Trinajstić information content (AvgIpc) is 2.29. The minimum absolute atomic E-state index is 0.411. The molecule has 17 heavy (non-hydrogen) atoms. The first-order chi connectivity index (χ1) is 8.00. The van der Waals surface area contributed by atoms with Crippen LogP contribution in [0, 0.1) is 18.8 Å². The van der Waals surface area contributed by atoms with Gasteiger partial charge in [-0.1, -0.05) is 49.6 Å². The van der Waals surface area contributed by atoms with Crippen molar-refractivity contribution in [2.24, 2.45) is 11.8 Å². The van der Waals surface area contributed by atoms with Gasteiger partial charge in [-0.3, -0.25) is 0 Å². The number of benzene rings is 1. The van der Waals surface area contributed by atoms with Crippen LogP contribution in [-0.2, 0) is 5.60 Å². The van der Waals surface area contributed by atoms with Crippen molar-refractivity contribution >= 4 is 0 Å². The number of hydrogen-bond acceptors (Lipinski definition) is 1. The molecule has 1 aromatic rings. The molecule has 1 aliphatic rings. The maximum atomic E-state index is 10.8. The molecule has 0 amide bonds. The van der Waals surface area contributed by atoms with E-state index in [1.807, 2.05) is 6.92 Å². The van der Waals surface area contributed by atoms with E-state index < -0.39 is 5.60 Å². The van der Waals surface area contributed by atoms with Gasteiger partial charge < -0.3 is 5.11 Å². The molecule has 0 spiro atoms. The van der Waals surface area contributed by atoms with Crippen molar-refractivity contribution < 1.29 is 5.11 Å². The Labute approximate surface area is 105 Å². The second-order valence-electron chi connectivity index (χ2n) is 5.98. The first-order valence-corrected chi connectivity index (χ1v) is 6.79. The van der Waals surface area contributed by atoms with E-state index in [2.05, 4.69) is 38.1 Å². The van der Waals surface area contributed by atoms with E-state index in [4.69, 9.17) is 0 Å². The smallest absolute Gasteiger partial charge is 0.0896 e. The Morgan fingerprint density at radius 3 is 2.41 bits per heavy atom. The minimum atomic E-state index is -0.664. The van der Waals surface area contributed by atoms with Crippen LogP contribution < -0.4 is 0 Å². The van der Waals surface area contributed by atoms with Crippen LogP contribution in [0.3, 0.4) is 0 Å². The molecule has 0 bridgehead atoms. The summed E-state index contributed by atoms with van der Waals surface area (Å²) in [5.74, 6) is 1.17. The van der Waals surface area contributed by atoms with E-state index in [0.29, 0.717) is 5.92 Å². The molecule has 0 aromatic heterocycles. The van der Waals surface area contributed by atoms with Crippen LogP contribution >= 0.6 is 0 Å². The molecule has 1 aliphatic carbocycles. The zero-order chi connectivity index (χ0) is 12.5. The number of rotatable bonds is 2. The van der Waals surface area contributed by atoms with Gasteiger partial charge in [0.05, 0.1) is 5.60 Å². The van der Waals surface area contributed by atoms with Gasteiger partial charge in [-0.15, -0.1) is 0 Å². The Morgan fingerprint density at radius 1 is 1.18 bits per heavy atom. The van der Waals surface area contributed by atoms with Crippen LogP contribution in [0.2, 0.25) is 0 Å². The number of aliphatic hydroxyl groups is 1. The summed E-state index contributed by atoms with van der Waals surface area (Å²) >= 11 is 0. The lowest BCUT2D eigenvalue weighted by Crippen LogP contribution is -2.35. The van der Waals surface area contributed by atoms with Crippen molar-refractivity contribution in [1.29, 1.82) is 0 Å². The van der Waals surface area contributed by atoms with E-state index in [-0.39, 0.29) is 0 Å². The summed E-state index contributed by atoms with van der Waals surface area (Å²) in [5, 5.41) is 10.8. The largest absolute Gasteiger partial charge is 0.385 e.